The van der Waals surface area contributed by atoms with Crippen LogP contribution in [0.2, 0.25) is 10.0 Å². The zero-order valence-electron chi connectivity index (χ0n) is 19.8. The Hall–Kier alpha value is -1.96. The Balaban J connectivity index is 0.00000216. The van der Waals surface area contributed by atoms with Crippen molar-refractivity contribution < 1.29 is 4.79 Å². The quantitative estimate of drug-likeness (QED) is 0.419. The smallest absolute Gasteiger partial charge is 0.271 e. The molecule has 2 aromatic carbocycles. The van der Waals surface area contributed by atoms with Gasteiger partial charge in [-0.05, 0) is 31.2 Å². The summed E-state index contributed by atoms with van der Waals surface area (Å²) in [6.07, 6.45) is 0.754. The molecule has 1 fully saturated rings. The van der Waals surface area contributed by atoms with Gasteiger partial charge in [-0.1, -0.05) is 54.4 Å². The first-order valence-corrected chi connectivity index (χ1v) is 12.1. The number of carbonyl (C=O) groups is 1. The average Bonchev–Trinajstić information content (AvgIpc) is 3.18. The Bertz CT molecular complexity index is 1110. The highest BCUT2D eigenvalue weighted by Gasteiger charge is 2.22. The second kappa shape index (κ2) is 13.4. The van der Waals surface area contributed by atoms with Crippen molar-refractivity contribution in [2.75, 3.05) is 44.2 Å². The van der Waals surface area contributed by atoms with Crippen molar-refractivity contribution in [3.63, 3.8) is 0 Å². The number of imidazole rings is 1. The lowest BCUT2D eigenvalue weighted by atomic mass is 10.2. The number of aryl methyl sites for hydroxylation is 1. The van der Waals surface area contributed by atoms with E-state index in [2.05, 4.69) is 31.6 Å². The molecule has 0 atom stereocenters. The molecular formula is C25H31Cl4N5O. The predicted molar refractivity (Wildman–Crippen MR) is 150 cm³/mol. The molecule has 0 aliphatic carbocycles. The standard InChI is InChI=1S/C25H29Cl2N5O.2ClH/c1-3-22-29-24(18(2)32(22)19-8-5-4-6-9-19)25(33)28-12-13-30-14-16-31(17-15-30)21-11-7-10-20(26)23(21)27;;/h4-11H,3,12-17H2,1-2H3,(H,28,33);2*1H. The van der Waals surface area contributed by atoms with Crippen molar-refractivity contribution in [3.8, 4) is 5.69 Å². The number of aromatic nitrogens is 2. The Kier molecular flexibility index (Phi) is 11.2. The van der Waals surface area contributed by atoms with E-state index < -0.39 is 0 Å². The number of carbonyl (C=O) groups excluding carboxylic acids is 1. The Labute approximate surface area is 229 Å². The van der Waals surface area contributed by atoms with Gasteiger partial charge in [-0.3, -0.25) is 9.69 Å². The van der Waals surface area contributed by atoms with Crippen LogP contribution in [0.25, 0.3) is 5.69 Å². The number of anilines is 1. The number of hydrogen-bond acceptors (Lipinski definition) is 4. The lowest BCUT2D eigenvalue weighted by molar-refractivity contribution is 0.0942. The molecule has 190 valence electrons. The average molecular weight is 559 g/mol. The first-order chi connectivity index (χ1) is 16.0. The summed E-state index contributed by atoms with van der Waals surface area (Å²) in [5, 5.41) is 4.24. The third-order valence-corrected chi connectivity index (χ3v) is 6.89. The van der Waals surface area contributed by atoms with Crippen molar-refractivity contribution in [2.45, 2.75) is 20.3 Å². The van der Waals surface area contributed by atoms with Gasteiger partial charge in [0.15, 0.2) is 0 Å². The van der Waals surface area contributed by atoms with Crippen LogP contribution < -0.4 is 10.2 Å². The third kappa shape index (κ3) is 6.63. The highest BCUT2D eigenvalue weighted by atomic mass is 35.5. The van der Waals surface area contributed by atoms with E-state index in [1.54, 1.807) is 6.07 Å². The van der Waals surface area contributed by atoms with Crippen molar-refractivity contribution in [3.05, 3.63) is 75.8 Å². The molecule has 3 aromatic rings. The van der Waals surface area contributed by atoms with Gasteiger partial charge in [-0.2, -0.15) is 0 Å². The summed E-state index contributed by atoms with van der Waals surface area (Å²) in [5.41, 5.74) is 3.36. The Morgan fingerprint density at radius 1 is 1.00 bits per heavy atom. The second-order valence-electron chi connectivity index (χ2n) is 8.14. The Morgan fingerprint density at radius 2 is 1.69 bits per heavy atom. The molecule has 35 heavy (non-hydrogen) atoms. The van der Waals surface area contributed by atoms with E-state index in [-0.39, 0.29) is 30.7 Å². The highest BCUT2D eigenvalue weighted by molar-refractivity contribution is 6.43. The number of hydrogen-bond donors (Lipinski definition) is 1. The van der Waals surface area contributed by atoms with Crippen LogP contribution in [-0.2, 0) is 6.42 Å². The number of para-hydroxylation sites is 1. The number of benzene rings is 2. The van der Waals surface area contributed by atoms with Crippen LogP contribution in [0.15, 0.2) is 48.5 Å². The summed E-state index contributed by atoms with van der Waals surface area (Å²) in [6.45, 7) is 8.93. The lowest BCUT2D eigenvalue weighted by Crippen LogP contribution is -2.48. The molecule has 0 radical (unpaired) electrons. The molecule has 0 unspecified atom stereocenters. The van der Waals surface area contributed by atoms with E-state index in [1.165, 1.54) is 0 Å². The summed E-state index contributed by atoms with van der Waals surface area (Å²) in [5.74, 6) is 0.765. The van der Waals surface area contributed by atoms with E-state index in [0.29, 0.717) is 22.3 Å². The van der Waals surface area contributed by atoms with Crippen molar-refractivity contribution in [1.82, 2.24) is 19.8 Å². The van der Waals surface area contributed by atoms with E-state index in [1.807, 2.05) is 49.4 Å². The molecule has 1 aliphatic heterocycles. The molecule has 4 rings (SSSR count). The number of halogens is 4. The van der Waals surface area contributed by atoms with Gasteiger partial charge in [0.05, 0.1) is 21.4 Å². The van der Waals surface area contributed by atoms with Crippen molar-refractivity contribution in [2.24, 2.45) is 0 Å². The number of nitrogens with one attached hydrogen (secondary N) is 1. The molecule has 1 N–H and O–H groups in total. The van der Waals surface area contributed by atoms with Crippen LogP contribution in [0.5, 0.6) is 0 Å². The topological polar surface area (TPSA) is 53.4 Å². The minimum absolute atomic E-state index is 0. The number of rotatable bonds is 7. The molecular weight excluding hydrogens is 528 g/mol. The highest BCUT2D eigenvalue weighted by Crippen LogP contribution is 2.32. The van der Waals surface area contributed by atoms with E-state index in [9.17, 15) is 4.79 Å². The summed E-state index contributed by atoms with van der Waals surface area (Å²) in [7, 11) is 0. The molecule has 1 saturated heterocycles. The van der Waals surface area contributed by atoms with E-state index >= 15 is 0 Å². The van der Waals surface area contributed by atoms with Gasteiger partial charge in [-0.15, -0.1) is 24.8 Å². The maximum atomic E-state index is 12.9. The molecule has 0 saturated carbocycles. The fourth-order valence-electron chi connectivity index (χ4n) is 4.29. The van der Waals surface area contributed by atoms with Crippen LogP contribution >= 0.6 is 48.0 Å². The lowest BCUT2D eigenvalue weighted by Gasteiger charge is -2.36. The molecule has 1 aliphatic rings. The monoisotopic (exact) mass is 557 g/mol. The normalized spacial score (nSPS) is 13.7. The van der Waals surface area contributed by atoms with Gasteiger partial charge < -0.3 is 14.8 Å². The van der Waals surface area contributed by atoms with Gasteiger partial charge in [0.1, 0.15) is 11.5 Å². The number of piperazine rings is 1. The van der Waals surface area contributed by atoms with Crippen LogP contribution in [0.3, 0.4) is 0 Å². The van der Waals surface area contributed by atoms with Gasteiger partial charge in [0.25, 0.3) is 5.91 Å². The van der Waals surface area contributed by atoms with Gasteiger partial charge in [0, 0.05) is 51.4 Å². The van der Waals surface area contributed by atoms with Crippen LogP contribution in [0, 0.1) is 6.92 Å². The van der Waals surface area contributed by atoms with Crippen LogP contribution in [-0.4, -0.2) is 59.6 Å². The summed E-state index contributed by atoms with van der Waals surface area (Å²) >= 11 is 12.5. The van der Waals surface area contributed by atoms with E-state index in [0.717, 1.165) is 62.0 Å². The largest absolute Gasteiger partial charge is 0.368 e. The minimum Gasteiger partial charge on any atom is -0.368 e. The fraction of sp³-hybridized carbons (Fsp3) is 0.360. The van der Waals surface area contributed by atoms with E-state index in [4.69, 9.17) is 23.2 Å². The Morgan fingerprint density at radius 3 is 2.34 bits per heavy atom. The molecule has 1 aromatic heterocycles. The van der Waals surface area contributed by atoms with Gasteiger partial charge >= 0.3 is 0 Å². The van der Waals surface area contributed by atoms with Gasteiger partial charge in [0.2, 0.25) is 0 Å². The maximum Gasteiger partial charge on any atom is 0.271 e. The third-order valence-electron chi connectivity index (χ3n) is 6.08. The first-order valence-electron chi connectivity index (χ1n) is 11.3. The summed E-state index contributed by atoms with van der Waals surface area (Å²) < 4.78 is 2.06. The molecule has 10 heteroatoms. The zero-order valence-corrected chi connectivity index (χ0v) is 23.0. The number of nitrogens with zero attached hydrogens (tertiary/aromatic N) is 4. The first kappa shape index (κ1) is 29.3. The summed E-state index contributed by atoms with van der Waals surface area (Å²) in [6, 6.07) is 15.8. The van der Waals surface area contributed by atoms with Crippen molar-refractivity contribution in [1.29, 1.82) is 0 Å². The maximum absolute atomic E-state index is 12.9. The molecule has 0 spiro atoms. The minimum atomic E-state index is -0.124. The van der Waals surface area contributed by atoms with Crippen LogP contribution in [0.4, 0.5) is 5.69 Å². The van der Waals surface area contributed by atoms with Crippen molar-refractivity contribution >= 4 is 59.6 Å². The number of amides is 1. The summed E-state index contributed by atoms with van der Waals surface area (Å²) in [4.78, 5) is 22.1. The fourth-order valence-corrected chi connectivity index (χ4v) is 4.71. The zero-order chi connectivity index (χ0) is 23.4. The van der Waals surface area contributed by atoms with Gasteiger partial charge in [-0.25, -0.2) is 4.98 Å². The second-order valence-corrected chi connectivity index (χ2v) is 8.93. The van der Waals surface area contributed by atoms with Crippen LogP contribution in [0.1, 0.15) is 28.9 Å². The molecule has 0 bridgehead atoms. The molecule has 6 nitrogen and oxygen atoms in total. The molecule has 2 heterocycles. The SMILES string of the molecule is CCc1nc(C(=O)NCCN2CCN(c3cccc(Cl)c3Cl)CC2)c(C)n1-c1ccccc1.Cl.Cl. The molecule has 1 amide bonds. The predicted octanol–water partition coefficient (Wildman–Crippen LogP) is 5.45.